The molecule has 2 N–H and O–H groups in total. The predicted molar refractivity (Wildman–Crippen MR) is 613 cm³/mol. The first-order valence-corrected chi connectivity index (χ1v) is 114. The summed E-state index contributed by atoms with van der Waals surface area (Å²) in [5.74, 6) is 4.53. The molecule has 4 aromatic rings. The molecule has 4 aromatic heterocycles. The number of anilines is 3. The number of fused-ring (bicyclic) bond motifs is 8. The van der Waals surface area contributed by atoms with E-state index in [1.165, 1.54) is 57.1 Å². The maximum atomic E-state index is 12.8. The zero-order valence-electron chi connectivity index (χ0n) is 73.4. The summed E-state index contributed by atoms with van der Waals surface area (Å²) in [7, 11) is 6.92. The van der Waals surface area contributed by atoms with E-state index in [2.05, 4.69) is 211 Å². The third-order valence-corrected chi connectivity index (χ3v) is 603. The van der Waals surface area contributed by atoms with E-state index < -0.39 is 16.8 Å². The van der Waals surface area contributed by atoms with Gasteiger partial charge in [-0.1, -0.05) is 88.9 Å². The van der Waals surface area contributed by atoms with Crippen molar-refractivity contribution in [3.05, 3.63) is 60.5 Å². The zero-order chi connectivity index (χ0) is 93.4. The number of piperidine rings is 6. The van der Waals surface area contributed by atoms with Crippen LogP contribution >= 0.6 is 262 Å². The Labute approximate surface area is 891 Å². The second-order valence-electron chi connectivity index (χ2n) is 35.6. The maximum absolute atomic E-state index is 12.8. The van der Waals surface area contributed by atoms with Crippen molar-refractivity contribution in [2.75, 3.05) is 82.5 Å². The minimum Gasteiger partial charge on any atom is -0.391 e. The normalized spacial score (nSPS) is 26.7. The van der Waals surface area contributed by atoms with Gasteiger partial charge in [-0.2, -0.15) is 9.97 Å². The molecule has 0 aromatic carbocycles. The molecule has 9 aliphatic heterocycles. The van der Waals surface area contributed by atoms with Crippen LogP contribution in [0, 0.1) is 11.8 Å². The fourth-order valence-corrected chi connectivity index (χ4v) is 1070. The smallest absolute Gasteiger partial charge is 0.0795 e. The molecule has 0 spiro atoms. The summed E-state index contributed by atoms with van der Waals surface area (Å²) in [4.78, 5) is 84.0. The molecule has 127 heavy (non-hydrogen) atoms. The first-order chi connectivity index (χ1) is 60.0. The van der Waals surface area contributed by atoms with Crippen LogP contribution in [0.4, 0.5) is 32.2 Å². The van der Waals surface area contributed by atoms with Crippen molar-refractivity contribution in [1.29, 1.82) is 0 Å². The monoisotopic (exact) mass is 3380 g/mol. The van der Waals surface area contributed by atoms with Crippen molar-refractivity contribution in [3.63, 3.8) is 0 Å². The summed E-state index contributed by atoms with van der Waals surface area (Å²) < 4.78 is 44.3. The molecule has 728 valence electrons. The summed E-state index contributed by atoms with van der Waals surface area (Å²) >= 11 is 62.8. The average Bonchev–Trinajstić information content (AvgIpc) is 1.77. The summed E-state index contributed by atoms with van der Waals surface area (Å²) in [6.45, 7) is 21.2. The van der Waals surface area contributed by atoms with E-state index in [0.29, 0.717) is 114 Å². The number of hydrogen-bond acceptors (Lipinski definition) is 24. The fourth-order valence-electron chi connectivity index (χ4n) is 17.6. The Morgan fingerprint density at radius 3 is 1.06 bits per heavy atom. The number of amides is 3. The number of rotatable bonds is 15. The third kappa shape index (κ3) is 39.8. The summed E-state index contributed by atoms with van der Waals surface area (Å²) in [6, 6.07) is 9.23. The molecule has 11 fully saturated rings. The molecule has 0 radical (unpaired) electrons. The molecule has 15 atom stereocenters. The van der Waals surface area contributed by atoms with Crippen molar-refractivity contribution >= 4 is 298 Å². The summed E-state index contributed by atoms with van der Waals surface area (Å²) in [6.07, 6.45) is 25.3. The van der Waals surface area contributed by atoms with Crippen LogP contribution in [0.2, 0.25) is 36.2 Å². The van der Waals surface area contributed by atoms with Crippen molar-refractivity contribution in [2.45, 2.75) is 312 Å². The number of nitrogens with zero attached hydrogens (tertiary/aromatic N) is 14. The number of aliphatic hydroxyl groups excluding tert-OH is 1. The zero-order valence-corrected chi connectivity index (χ0v) is 107. The number of carbonyl (C=O) groups is 3. The largest absolute Gasteiger partial charge is 0.391 e. The van der Waals surface area contributed by atoms with E-state index >= 15 is 0 Å². The van der Waals surface area contributed by atoms with Gasteiger partial charge in [0.05, 0.1) is 39.1 Å². The van der Waals surface area contributed by atoms with Crippen molar-refractivity contribution in [3.8, 4) is 11.8 Å². The Morgan fingerprint density at radius 2 is 0.764 bits per heavy atom. The van der Waals surface area contributed by atoms with E-state index in [4.69, 9.17) is 124 Å². The molecule has 2 aliphatic carbocycles. The molecule has 13 heterocycles. The molecule has 47 heteroatoms. The van der Waals surface area contributed by atoms with Crippen molar-refractivity contribution in [1.82, 2.24) is 59.9 Å². The average molecular weight is 3380 g/mol. The third-order valence-electron chi connectivity index (χ3n) is 22.9. The Kier molecular flexibility index (Phi) is 53.1. The van der Waals surface area contributed by atoms with Gasteiger partial charge in [0.15, 0.2) is 0 Å². The first-order valence-electron chi connectivity index (χ1n) is 42.3. The maximum Gasteiger partial charge on any atom is 0.0795 e. The first kappa shape index (κ1) is 117. The molecule has 15 rings (SSSR count). The van der Waals surface area contributed by atoms with E-state index in [-0.39, 0.29) is 120 Å². The number of nitrogens with one attached hydrogen (secondary N) is 1. The molecule has 4 unspecified atom stereocenters. The van der Waals surface area contributed by atoms with E-state index in [9.17, 15) is 14.4 Å². The second kappa shape index (κ2) is 57.8. The van der Waals surface area contributed by atoms with Crippen LogP contribution in [0.3, 0.4) is 0 Å². The molecular weight excluding hydrogens is 3260 g/mol. The Balaban J connectivity index is 0.000000192. The van der Waals surface area contributed by atoms with Gasteiger partial charge in [-0.15, -0.1) is 0 Å². The molecule has 3 amide bonds. The molecular formula is C80H120Cl7I13N15O12-. The van der Waals surface area contributed by atoms with Gasteiger partial charge in [0.1, 0.15) is 59.9 Å². The van der Waals surface area contributed by atoms with Crippen LogP contribution in [-0.4, -0.2) is 241 Å². The molecule has 8 bridgehead atoms. The fraction of sp³-hybridized carbons (Fsp3) is 0.762. The minimum absolute atomic E-state index is 0.000507. The Hall–Kier alpha value is 4.45. The molecule has 11 aliphatic rings. The molecule has 9 saturated heterocycles. The standard InChI is InChI=1S/C22H33ClN4O4.C18H26Cl2N4O2.C18H26ClN3O2.C14H26N2O2.C4HCl3N2.C4H8O2.I11.I2/c1-22(2,3)31-21(28)27-14-6-5-7-15(27)11-16(10-14)26(4)20-24-18(23)12-19(25-20)30-17-8-9-29-13-17;1-18(2,3)26-17(25)24-11-6-5-7-12(24)9-13(8-11)23(4)16-21-14(19)10-15(20)22-16;1-22(14-8-12-3-2-4-13(7-12)9-14)18-20-16(19)10-17(21-18)24-15-5-6-23-11-15;1-14(2,3)18-13(17)16-11-6-5-7-12(16)9-10(8-11)15-4;5-2-1-3(6)9-4(7)8-2;5-4-1-2-6-3-4;1-7-9(4)11(6)10(5)8(2)3;1-2/h12,14-17H,5-11,13H2,1-4H3;10-13H,5-9H2,1-4H3;10,12-15H,2-9,11H2,1H3;10-12,15H,5-9H2,1-4H3;1H;4-5H,1-3H2;;/q;;;;;;-1;/t14-,15+,16?,17-;11-,12+,13?;12-,13+,14?,15-;10?,11-,12+;;4-;;/m1.1..1../s1. The second-order valence-corrected chi connectivity index (χ2v) is 249. The van der Waals surface area contributed by atoms with Crippen LogP contribution in [0.15, 0.2) is 24.3 Å². The van der Waals surface area contributed by atoms with Crippen LogP contribution in [-0.2, 0) is 28.4 Å². The Morgan fingerprint density at radius 1 is 0.449 bits per heavy atom. The summed E-state index contributed by atoms with van der Waals surface area (Å²) in [5, 5.41) is 14.0. The number of halogens is 20. The topological polar surface area (TPSA) is 280 Å². The number of aromatic nitrogens is 8. The van der Waals surface area contributed by atoms with Crippen LogP contribution < -0.4 is 42.7 Å². The Bertz CT molecular complexity index is 3940. The van der Waals surface area contributed by atoms with Crippen molar-refractivity contribution in [2.24, 2.45) is 11.8 Å². The molecule has 27 nitrogen and oxygen atoms in total. The molecule has 2 saturated carbocycles. The predicted octanol–water partition coefficient (Wildman–Crippen LogP) is 24.7. The van der Waals surface area contributed by atoms with Gasteiger partial charge in [0.2, 0.25) is 34.9 Å². The van der Waals surface area contributed by atoms with Gasteiger partial charge in [0, 0.05) is 163 Å². The van der Waals surface area contributed by atoms with E-state index in [1.54, 1.807) is 12.1 Å². The van der Waals surface area contributed by atoms with Crippen LogP contribution in [0.25, 0.3) is 0 Å². The van der Waals surface area contributed by atoms with Gasteiger partial charge < -0.3 is 77.7 Å². The van der Waals surface area contributed by atoms with Gasteiger partial charge in [-0.05, 0) is 215 Å². The quantitative estimate of drug-likeness (QED) is 0.0484. The number of ether oxygens (including phenoxy) is 8. The SMILES string of the molecule is CN(c1nc(Cl)cc(Cl)n1)C1C[C@H]2CCC[C@@H](C1)N2C(=O)OC(C)(C)C.CN(c1nc(Cl)cc(O[C@@H]2CCOC2)n1)C1C[C@H]2CCC[C@@H](C1)C2.CN(c1nc(Cl)cc(O[C@@H]2CCOC2)n1)C1C[C@H]2CCC[C@@H](C1)N2C(=O)OC(C)(C)C.CNC1C[C@H]2CCC[C@@H](C1)N2C(=O)OC(C)(C)C.Clc1cc(Cl)nc(Cl)n1.II.I[I-]I(I)I(I)I(I)I(I)I.O[C@@H]1CCOC1. The van der Waals surface area contributed by atoms with E-state index in [0.717, 1.165) is 134 Å². The van der Waals surface area contributed by atoms with Crippen LogP contribution in [0.1, 0.15) is 216 Å². The van der Waals surface area contributed by atoms with Gasteiger partial charge >= 0.3 is 175 Å². The van der Waals surface area contributed by atoms with Gasteiger partial charge in [-0.3, -0.25) is 0 Å². The van der Waals surface area contributed by atoms with Gasteiger partial charge in [0.25, 0.3) is 0 Å². The number of hydrogen-bond donors (Lipinski definition) is 2. The number of carbonyl (C=O) groups excluding carboxylic acids is 3. The minimum atomic E-state index is -0.492. The van der Waals surface area contributed by atoms with Crippen molar-refractivity contribution < 1.29 is 70.6 Å². The summed E-state index contributed by atoms with van der Waals surface area (Å²) in [5.41, 5.74) is -1.37. The van der Waals surface area contributed by atoms with Gasteiger partial charge in [-0.25, -0.2) is 44.3 Å². The van der Waals surface area contributed by atoms with E-state index in [1.807, 2.05) is 103 Å². The van der Waals surface area contributed by atoms with Crippen LogP contribution in [0.5, 0.6) is 11.8 Å². The number of aliphatic hydroxyl groups is 1.